The first kappa shape index (κ1) is 20.6. The second-order valence-electron chi connectivity index (χ2n) is 6.71. The highest BCUT2D eigenvalue weighted by Crippen LogP contribution is 2.35. The van der Waals surface area contributed by atoms with Crippen molar-refractivity contribution in [1.82, 2.24) is 4.57 Å². The van der Waals surface area contributed by atoms with Gasteiger partial charge in [-0.15, -0.1) is 12.6 Å². The molecule has 0 aliphatic carbocycles. The van der Waals surface area contributed by atoms with Gasteiger partial charge in [0.05, 0.1) is 0 Å². The lowest BCUT2D eigenvalue weighted by Gasteiger charge is -2.21. The lowest BCUT2D eigenvalue weighted by Crippen LogP contribution is -2.18. The average molecular weight is 460 g/mol. The Hall–Kier alpha value is -2.18. The smallest absolute Gasteiger partial charge is 0.250 e. The van der Waals surface area contributed by atoms with Crippen molar-refractivity contribution in [3.05, 3.63) is 97.6 Å². The van der Waals surface area contributed by atoms with Crippen LogP contribution < -0.4 is 5.56 Å². The number of thiol groups is 1. The highest BCUT2D eigenvalue weighted by molar-refractivity contribution is 9.10. The molecule has 3 nitrogen and oxygen atoms in total. The summed E-state index contributed by atoms with van der Waals surface area (Å²) in [6, 6.07) is 13.8. The molecular weight excluding hydrogens is 441 g/mol. The molecule has 0 spiro atoms. The third-order valence-electron chi connectivity index (χ3n) is 4.87. The molecule has 1 atom stereocenters. The van der Waals surface area contributed by atoms with Gasteiger partial charge in [0.25, 0.3) is 0 Å². The molecule has 0 bridgehead atoms. The number of hydrogen-bond acceptors (Lipinski definition) is 3. The Bertz CT molecular complexity index is 1090. The van der Waals surface area contributed by atoms with E-state index in [9.17, 15) is 14.0 Å². The van der Waals surface area contributed by atoms with E-state index in [-0.39, 0.29) is 34.4 Å². The van der Waals surface area contributed by atoms with E-state index < -0.39 is 0 Å². The fourth-order valence-corrected chi connectivity index (χ4v) is 3.69. The molecule has 3 rings (SSSR count). The van der Waals surface area contributed by atoms with Gasteiger partial charge in [0.2, 0.25) is 5.56 Å². The van der Waals surface area contributed by atoms with E-state index in [1.54, 1.807) is 25.4 Å². The van der Waals surface area contributed by atoms with Crippen molar-refractivity contribution in [2.24, 2.45) is 7.05 Å². The van der Waals surface area contributed by atoms with Gasteiger partial charge in [-0.05, 0) is 47.9 Å². The lowest BCUT2D eigenvalue weighted by atomic mass is 9.84. The van der Waals surface area contributed by atoms with Gasteiger partial charge in [0.1, 0.15) is 5.82 Å². The number of aromatic nitrogens is 1. The maximum atomic E-state index is 13.9. The highest BCUT2D eigenvalue weighted by Gasteiger charge is 2.23. The van der Waals surface area contributed by atoms with E-state index in [2.05, 4.69) is 28.6 Å². The largest absolute Gasteiger partial charge is 0.318 e. The Labute approximate surface area is 176 Å². The monoisotopic (exact) mass is 459 g/mol. The van der Waals surface area contributed by atoms with Crippen molar-refractivity contribution in [2.75, 3.05) is 0 Å². The number of halogens is 2. The second-order valence-corrected chi connectivity index (χ2v) is 8.07. The average Bonchev–Trinajstić information content (AvgIpc) is 2.67. The highest BCUT2D eigenvalue weighted by atomic mass is 79.9. The molecule has 0 N–H and O–H groups in total. The third-order valence-corrected chi connectivity index (χ3v) is 5.95. The Kier molecular flexibility index (Phi) is 6.20. The van der Waals surface area contributed by atoms with Gasteiger partial charge in [0, 0.05) is 46.6 Å². The van der Waals surface area contributed by atoms with Crippen molar-refractivity contribution in [3.63, 3.8) is 0 Å². The fraction of sp³-hybridized carbons (Fsp3) is 0.182. The van der Waals surface area contributed by atoms with Crippen molar-refractivity contribution in [1.29, 1.82) is 0 Å². The molecule has 0 aliphatic rings. The molecule has 144 valence electrons. The summed E-state index contributed by atoms with van der Waals surface area (Å²) in [6.07, 6.45) is 1.74. The van der Waals surface area contributed by atoms with Crippen LogP contribution in [0, 0.1) is 12.7 Å². The number of carbonyl (C=O) groups is 1. The zero-order valence-corrected chi connectivity index (χ0v) is 17.9. The molecule has 28 heavy (non-hydrogen) atoms. The predicted octanol–water partition coefficient (Wildman–Crippen LogP) is 5.29. The minimum atomic E-state index is -0.386. The Morgan fingerprint density at radius 1 is 1.14 bits per heavy atom. The van der Waals surface area contributed by atoms with E-state index in [4.69, 9.17) is 0 Å². The molecule has 3 aromatic rings. The third kappa shape index (κ3) is 4.28. The van der Waals surface area contributed by atoms with Crippen molar-refractivity contribution >= 4 is 34.3 Å². The molecule has 0 saturated heterocycles. The maximum absolute atomic E-state index is 13.9. The number of aryl methyl sites for hydroxylation is 1. The molecule has 0 fully saturated rings. The molecule has 0 aliphatic heterocycles. The van der Waals surface area contributed by atoms with Crippen LogP contribution in [0.15, 0.2) is 68.9 Å². The quantitative estimate of drug-likeness (QED) is 0.415. The number of Topliss-reactive ketones (excluding diaryl/α,β-unsaturated/α-hetero) is 1. The van der Waals surface area contributed by atoms with Gasteiger partial charge in [-0.2, -0.15) is 0 Å². The molecular formula is C22H19BrFNO2S. The van der Waals surface area contributed by atoms with Crippen LogP contribution in [-0.2, 0) is 7.05 Å². The SMILES string of the molecule is Cc1c(C(CC(=O)c2ccc(=O)n(C)c2)c2ccc(Br)cc2)ccc(F)c1S. The Morgan fingerprint density at radius 2 is 1.82 bits per heavy atom. The van der Waals surface area contributed by atoms with Gasteiger partial charge in [0.15, 0.2) is 5.78 Å². The number of benzene rings is 2. The van der Waals surface area contributed by atoms with E-state index >= 15 is 0 Å². The zero-order chi connectivity index (χ0) is 20.4. The van der Waals surface area contributed by atoms with Gasteiger partial charge >= 0.3 is 0 Å². The van der Waals surface area contributed by atoms with E-state index in [0.717, 1.165) is 15.6 Å². The summed E-state index contributed by atoms with van der Waals surface area (Å²) in [5, 5.41) is 0. The molecule has 6 heteroatoms. The van der Waals surface area contributed by atoms with Crippen LogP contribution in [0.1, 0.15) is 39.4 Å². The Balaban J connectivity index is 2.05. The van der Waals surface area contributed by atoms with Gasteiger partial charge < -0.3 is 4.57 Å². The normalized spacial score (nSPS) is 12.0. The summed E-state index contributed by atoms with van der Waals surface area (Å²) >= 11 is 7.71. The molecule has 2 aromatic carbocycles. The van der Waals surface area contributed by atoms with Gasteiger partial charge in [-0.1, -0.05) is 34.1 Å². The lowest BCUT2D eigenvalue weighted by molar-refractivity contribution is 0.0977. The summed E-state index contributed by atoms with van der Waals surface area (Å²) in [5.41, 5.74) is 2.81. The van der Waals surface area contributed by atoms with E-state index in [0.29, 0.717) is 11.1 Å². The molecule has 0 radical (unpaired) electrons. The molecule has 1 unspecified atom stereocenters. The zero-order valence-electron chi connectivity index (χ0n) is 15.4. The molecule has 0 saturated carbocycles. The van der Waals surface area contributed by atoms with Crippen LogP contribution in [0.5, 0.6) is 0 Å². The second kappa shape index (κ2) is 8.45. The van der Waals surface area contributed by atoms with Crippen molar-refractivity contribution < 1.29 is 9.18 Å². The standard InChI is InChI=1S/C22H19BrFNO2S/c1-13-17(8-9-19(24)22(13)28)18(14-3-6-16(23)7-4-14)11-20(26)15-5-10-21(27)25(2)12-15/h3-10,12,18,28H,11H2,1-2H3. The van der Waals surface area contributed by atoms with Crippen LogP contribution in [0.3, 0.4) is 0 Å². The first-order chi connectivity index (χ1) is 13.3. The first-order valence-corrected chi connectivity index (χ1v) is 9.95. The molecule has 1 heterocycles. The van der Waals surface area contributed by atoms with Crippen molar-refractivity contribution in [3.8, 4) is 0 Å². The summed E-state index contributed by atoms with van der Waals surface area (Å²) in [4.78, 5) is 24.9. The summed E-state index contributed by atoms with van der Waals surface area (Å²) < 4.78 is 16.2. The number of nitrogens with zero attached hydrogens (tertiary/aromatic N) is 1. The van der Waals surface area contributed by atoms with E-state index in [1.165, 1.54) is 16.7 Å². The molecule has 0 amide bonds. The number of carbonyl (C=O) groups excluding carboxylic acids is 1. The van der Waals surface area contributed by atoms with E-state index in [1.807, 2.05) is 31.2 Å². The summed E-state index contributed by atoms with van der Waals surface area (Å²) in [5.74, 6) is -0.735. The fourth-order valence-electron chi connectivity index (χ4n) is 3.22. The van der Waals surface area contributed by atoms with Crippen molar-refractivity contribution in [2.45, 2.75) is 24.2 Å². The van der Waals surface area contributed by atoms with Gasteiger partial charge in [-0.3, -0.25) is 9.59 Å². The number of hydrogen-bond donors (Lipinski definition) is 1. The van der Waals surface area contributed by atoms with Crippen LogP contribution in [0.25, 0.3) is 0 Å². The van der Waals surface area contributed by atoms with Crippen LogP contribution in [-0.4, -0.2) is 10.4 Å². The predicted molar refractivity (Wildman–Crippen MR) is 115 cm³/mol. The minimum absolute atomic E-state index is 0.0899. The molecule has 1 aromatic heterocycles. The van der Waals surface area contributed by atoms with Crippen LogP contribution in [0.4, 0.5) is 4.39 Å². The summed E-state index contributed by atoms with van der Waals surface area (Å²) in [6.45, 7) is 1.81. The number of rotatable bonds is 5. The Morgan fingerprint density at radius 3 is 2.46 bits per heavy atom. The van der Waals surface area contributed by atoms with Crippen LogP contribution in [0.2, 0.25) is 0 Å². The van der Waals surface area contributed by atoms with Gasteiger partial charge in [-0.25, -0.2) is 4.39 Å². The first-order valence-electron chi connectivity index (χ1n) is 8.71. The topological polar surface area (TPSA) is 39.1 Å². The summed E-state index contributed by atoms with van der Waals surface area (Å²) in [7, 11) is 1.61. The maximum Gasteiger partial charge on any atom is 0.250 e. The van der Waals surface area contributed by atoms with Crippen LogP contribution >= 0.6 is 28.6 Å². The number of ketones is 1. The number of pyridine rings is 1. The minimum Gasteiger partial charge on any atom is -0.318 e.